The summed E-state index contributed by atoms with van der Waals surface area (Å²) in [4.78, 5) is 11.5. The molecule has 1 saturated carbocycles. The first kappa shape index (κ1) is 16.6. The van der Waals surface area contributed by atoms with Crippen molar-refractivity contribution in [3.05, 3.63) is 42.0 Å². The van der Waals surface area contributed by atoms with Crippen molar-refractivity contribution in [3.8, 4) is 5.75 Å². The van der Waals surface area contributed by atoms with E-state index in [-0.39, 0.29) is 12.1 Å². The summed E-state index contributed by atoms with van der Waals surface area (Å²) in [6, 6.07) is 8.45. The zero-order chi connectivity index (χ0) is 15.8. The van der Waals surface area contributed by atoms with Gasteiger partial charge in [-0.1, -0.05) is 25.1 Å². The Morgan fingerprint density at radius 3 is 2.45 bits per heavy atom. The van der Waals surface area contributed by atoms with E-state index in [9.17, 15) is 4.79 Å². The van der Waals surface area contributed by atoms with Crippen LogP contribution in [0.2, 0.25) is 0 Å². The van der Waals surface area contributed by atoms with Gasteiger partial charge in [0.1, 0.15) is 11.9 Å². The number of hydrogen-bond donors (Lipinski definition) is 0. The summed E-state index contributed by atoms with van der Waals surface area (Å²) in [7, 11) is 0. The standard InChI is InChI=1S/C19H26O3/c1-3-5-19(20)22-18-12-8-16(9-13-18)15-6-10-17(11-7-15)21-14-4-2/h3,5-7,10-11,16,18H,4,8-9,12-14H2,1-2H3. The van der Waals surface area contributed by atoms with Crippen molar-refractivity contribution >= 4 is 5.97 Å². The molecule has 0 saturated heterocycles. The number of carbonyl (C=O) groups is 1. The minimum Gasteiger partial charge on any atom is -0.494 e. The van der Waals surface area contributed by atoms with Crippen LogP contribution in [-0.2, 0) is 9.53 Å². The summed E-state index contributed by atoms with van der Waals surface area (Å²) in [5, 5.41) is 0. The topological polar surface area (TPSA) is 35.5 Å². The first-order chi connectivity index (χ1) is 10.7. The highest BCUT2D eigenvalue weighted by Crippen LogP contribution is 2.34. The predicted molar refractivity (Wildman–Crippen MR) is 88.1 cm³/mol. The predicted octanol–water partition coefficient (Wildman–Crippen LogP) is 4.62. The summed E-state index contributed by atoms with van der Waals surface area (Å²) in [6.45, 7) is 4.70. The average molecular weight is 302 g/mol. The van der Waals surface area contributed by atoms with E-state index >= 15 is 0 Å². The zero-order valence-electron chi connectivity index (χ0n) is 13.6. The van der Waals surface area contributed by atoms with Crippen LogP contribution >= 0.6 is 0 Å². The van der Waals surface area contributed by atoms with Gasteiger partial charge in [-0.3, -0.25) is 0 Å². The molecule has 0 aliphatic heterocycles. The van der Waals surface area contributed by atoms with Gasteiger partial charge in [-0.25, -0.2) is 4.79 Å². The number of rotatable bonds is 6. The molecule has 0 aromatic heterocycles. The highest BCUT2D eigenvalue weighted by Gasteiger charge is 2.24. The van der Waals surface area contributed by atoms with Gasteiger partial charge in [0.25, 0.3) is 0 Å². The molecule has 120 valence electrons. The second kappa shape index (κ2) is 8.62. The summed E-state index contributed by atoms with van der Waals surface area (Å²) in [6.07, 6.45) is 8.34. The molecule has 1 aromatic rings. The van der Waals surface area contributed by atoms with Gasteiger partial charge in [-0.2, -0.15) is 0 Å². The van der Waals surface area contributed by atoms with E-state index in [4.69, 9.17) is 9.47 Å². The summed E-state index contributed by atoms with van der Waals surface area (Å²) >= 11 is 0. The first-order valence-electron chi connectivity index (χ1n) is 8.29. The molecular weight excluding hydrogens is 276 g/mol. The molecule has 0 N–H and O–H groups in total. The van der Waals surface area contributed by atoms with Crippen molar-refractivity contribution in [2.45, 2.75) is 58.0 Å². The normalized spacial score (nSPS) is 21.7. The second-order valence-electron chi connectivity index (χ2n) is 5.83. The number of ether oxygens (including phenoxy) is 2. The minimum atomic E-state index is -0.219. The molecule has 22 heavy (non-hydrogen) atoms. The molecule has 0 radical (unpaired) electrons. The lowest BCUT2D eigenvalue weighted by Gasteiger charge is -2.28. The third-order valence-electron chi connectivity index (χ3n) is 4.08. The molecule has 0 bridgehead atoms. The Bertz CT molecular complexity index is 482. The quantitative estimate of drug-likeness (QED) is 0.568. The van der Waals surface area contributed by atoms with Crippen LogP contribution in [0.25, 0.3) is 0 Å². The van der Waals surface area contributed by atoms with Crippen LogP contribution in [0.4, 0.5) is 0 Å². The van der Waals surface area contributed by atoms with Crippen LogP contribution in [-0.4, -0.2) is 18.7 Å². The van der Waals surface area contributed by atoms with E-state index < -0.39 is 0 Å². The lowest BCUT2D eigenvalue weighted by molar-refractivity contribution is -0.144. The Balaban J connectivity index is 1.82. The fourth-order valence-electron chi connectivity index (χ4n) is 2.91. The van der Waals surface area contributed by atoms with E-state index in [2.05, 4.69) is 31.2 Å². The molecule has 2 rings (SSSR count). The van der Waals surface area contributed by atoms with E-state index in [0.29, 0.717) is 5.92 Å². The zero-order valence-corrected chi connectivity index (χ0v) is 13.6. The maximum atomic E-state index is 11.5. The summed E-state index contributed by atoms with van der Waals surface area (Å²) in [5.41, 5.74) is 1.36. The van der Waals surface area contributed by atoms with Gasteiger partial charge in [0.05, 0.1) is 6.61 Å². The number of hydrogen-bond acceptors (Lipinski definition) is 3. The van der Waals surface area contributed by atoms with Crippen molar-refractivity contribution in [3.63, 3.8) is 0 Å². The van der Waals surface area contributed by atoms with Gasteiger partial charge in [0.2, 0.25) is 0 Å². The molecule has 1 aromatic carbocycles. The van der Waals surface area contributed by atoms with Crippen LogP contribution in [0.1, 0.15) is 57.4 Å². The van der Waals surface area contributed by atoms with Gasteiger partial charge >= 0.3 is 5.97 Å². The van der Waals surface area contributed by atoms with Gasteiger partial charge < -0.3 is 9.47 Å². The Morgan fingerprint density at radius 2 is 1.86 bits per heavy atom. The molecule has 0 atom stereocenters. The van der Waals surface area contributed by atoms with Crippen LogP contribution in [0.15, 0.2) is 36.4 Å². The number of esters is 1. The minimum absolute atomic E-state index is 0.0760. The second-order valence-corrected chi connectivity index (χ2v) is 5.83. The van der Waals surface area contributed by atoms with Crippen molar-refractivity contribution in [2.24, 2.45) is 0 Å². The average Bonchev–Trinajstić information content (AvgIpc) is 2.54. The molecule has 1 fully saturated rings. The van der Waals surface area contributed by atoms with Crippen molar-refractivity contribution in [1.29, 1.82) is 0 Å². The summed E-state index contributed by atoms with van der Waals surface area (Å²) < 4.78 is 11.1. The van der Waals surface area contributed by atoms with Gasteiger partial charge in [0.15, 0.2) is 0 Å². The highest BCUT2D eigenvalue weighted by molar-refractivity contribution is 5.81. The van der Waals surface area contributed by atoms with Gasteiger partial charge in [-0.05, 0) is 62.6 Å². The smallest absolute Gasteiger partial charge is 0.330 e. The molecule has 0 unspecified atom stereocenters. The Kier molecular flexibility index (Phi) is 6.50. The van der Waals surface area contributed by atoms with E-state index in [1.807, 2.05) is 6.92 Å². The fourth-order valence-corrected chi connectivity index (χ4v) is 2.91. The maximum Gasteiger partial charge on any atom is 0.330 e. The van der Waals surface area contributed by atoms with E-state index in [1.54, 1.807) is 6.08 Å². The van der Waals surface area contributed by atoms with Crippen LogP contribution < -0.4 is 4.74 Å². The highest BCUT2D eigenvalue weighted by atomic mass is 16.5. The number of benzene rings is 1. The maximum absolute atomic E-state index is 11.5. The van der Waals surface area contributed by atoms with Crippen LogP contribution in [0.3, 0.4) is 0 Å². The van der Waals surface area contributed by atoms with Crippen molar-refractivity contribution in [1.82, 2.24) is 0 Å². The third-order valence-corrected chi connectivity index (χ3v) is 4.08. The SMILES string of the molecule is CC=CC(=O)OC1CCC(c2ccc(OCCC)cc2)CC1. The van der Waals surface area contributed by atoms with Crippen LogP contribution in [0, 0.1) is 0 Å². The number of allylic oxidation sites excluding steroid dienone is 1. The van der Waals surface area contributed by atoms with Crippen molar-refractivity contribution in [2.75, 3.05) is 6.61 Å². The van der Waals surface area contributed by atoms with E-state index in [0.717, 1.165) is 44.5 Å². The lowest BCUT2D eigenvalue weighted by Crippen LogP contribution is -2.23. The molecule has 0 amide bonds. The monoisotopic (exact) mass is 302 g/mol. The third kappa shape index (κ3) is 4.90. The molecule has 3 nitrogen and oxygen atoms in total. The first-order valence-corrected chi connectivity index (χ1v) is 8.29. The summed E-state index contributed by atoms with van der Waals surface area (Å²) in [5.74, 6) is 1.29. The molecule has 1 aliphatic rings. The molecule has 1 aliphatic carbocycles. The Morgan fingerprint density at radius 1 is 1.18 bits per heavy atom. The van der Waals surface area contributed by atoms with Gasteiger partial charge in [0, 0.05) is 6.08 Å². The largest absolute Gasteiger partial charge is 0.494 e. The Hall–Kier alpha value is -1.77. The van der Waals surface area contributed by atoms with E-state index in [1.165, 1.54) is 11.6 Å². The van der Waals surface area contributed by atoms with Crippen LogP contribution in [0.5, 0.6) is 5.75 Å². The molecule has 0 spiro atoms. The Labute approximate surface area is 133 Å². The lowest BCUT2D eigenvalue weighted by atomic mass is 9.83. The number of carbonyl (C=O) groups excluding carboxylic acids is 1. The molecule has 0 heterocycles. The van der Waals surface area contributed by atoms with Gasteiger partial charge in [-0.15, -0.1) is 0 Å². The fraction of sp³-hybridized carbons (Fsp3) is 0.526. The molecular formula is C19H26O3. The molecule has 3 heteroatoms. The van der Waals surface area contributed by atoms with Crippen molar-refractivity contribution < 1.29 is 14.3 Å².